The van der Waals surface area contributed by atoms with Crippen molar-refractivity contribution in [1.82, 2.24) is 29.7 Å². The Morgan fingerprint density at radius 3 is 2.75 bits per heavy atom. The van der Waals surface area contributed by atoms with Crippen LogP contribution in [0.5, 0.6) is 0 Å². The molecule has 8 nitrogen and oxygen atoms in total. The second kappa shape index (κ2) is 5.73. The molecule has 0 aliphatic carbocycles. The first-order chi connectivity index (χ1) is 11.7. The van der Waals surface area contributed by atoms with Gasteiger partial charge in [0.25, 0.3) is 5.78 Å². The molecule has 8 heteroatoms. The van der Waals surface area contributed by atoms with E-state index >= 15 is 0 Å². The first-order valence-electron chi connectivity index (χ1n) is 7.47. The van der Waals surface area contributed by atoms with E-state index in [0.717, 1.165) is 17.1 Å². The quantitative estimate of drug-likeness (QED) is 0.569. The fourth-order valence-electron chi connectivity index (χ4n) is 2.52. The van der Waals surface area contributed by atoms with E-state index in [0.29, 0.717) is 24.0 Å². The smallest absolute Gasteiger partial charge is 0.254 e. The van der Waals surface area contributed by atoms with Crippen LogP contribution in [-0.4, -0.2) is 36.8 Å². The Hall–Kier alpha value is -3.29. The van der Waals surface area contributed by atoms with E-state index < -0.39 is 0 Å². The molecule has 0 bridgehead atoms. The van der Waals surface area contributed by atoms with E-state index in [1.165, 1.54) is 6.33 Å². The average Bonchev–Trinajstić information content (AvgIpc) is 3.23. The predicted molar refractivity (Wildman–Crippen MR) is 87.4 cm³/mol. The van der Waals surface area contributed by atoms with Crippen molar-refractivity contribution >= 4 is 11.6 Å². The number of nitrogens with zero attached hydrogens (tertiary/aromatic N) is 7. The maximum absolute atomic E-state index is 5.03. The predicted octanol–water partition coefficient (Wildman–Crippen LogP) is 2.12. The summed E-state index contributed by atoms with van der Waals surface area (Å²) in [5, 5.41) is 8.20. The highest BCUT2D eigenvalue weighted by molar-refractivity contribution is 5.65. The summed E-state index contributed by atoms with van der Waals surface area (Å²) in [6, 6.07) is 11.9. The van der Waals surface area contributed by atoms with Crippen molar-refractivity contribution in [3.05, 3.63) is 54.4 Å². The minimum Gasteiger partial charge on any atom is -0.352 e. The Bertz CT molecular complexity index is 976. The van der Waals surface area contributed by atoms with E-state index in [2.05, 4.69) is 25.2 Å². The standard InChI is InChI=1S/C16H15N7O/c1-11-19-14(21-24-11)9-22(2)15-8-13(12-6-4-3-5-7-12)20-16-17-10-18-23(15)16/h3-8,10H,9H2,1-2H3. The molecule has 3 heterocycles. The normalized spacial score (nSPS) is 11.1. The van der Waals surface area contributed by atoms with Gasteiger partial charge in [-0.1, -0.05) is 35.5 Å². The molecule has 0 N–H and O–H groups in total. The molecular weight excluding hydrogens is 306 g/mol. The summed E-state index contributed by atoms with van der Waals surface area (Å²) in [4.78, 5) is 15.0. The Morgan fingerprint density at radius 1 is 1.17 bits per heavy atom. The minimum absolute atomic E-state index is 0.491. The van der Waals surface area contributed by atoms with Crippen LogP contribution in [0.15, 0.2) is 47.2 Å². The van der Waals surface area contributed by atoms with Crippen molar-refractivity contribution in [3.8, 4) is 11.3 Å². The van der Waals surface area contributed by atoms with Gasteiger partial charge in [0.2, 0.25) is 5.89 Å². The van der Waals surface area contributed by atoms with Gasteiger partial charge in [-0.15, -0.1) is 0 Å². The first-order valence-corrected chi connectivity index (χ1v) is 7.47. The van der Waals surface area contributed by atoms with Gasteiger partial charge in [-0.05, 0) is 0 Å². The maximum atomic E-state index is 5.03. The zero-order valence-corrected chi connectivity index (χ0v) is 13.3. The van der Waals surface area contributed by atoms with Crippen LogP contribution in [0.3, 0.4) is 0 Å². The van der Waals surface area contributed by atoms with Crippen LogP contribution in [0, 0.1) is 6.92 Å². The van der Waals surface area contributed by atoms with Crippen LogP contribution < -0.4 is 4.90 Å². The van der Waals surface area contributed by atoms with Crippen LogP contribution in [0.25, 0.3) is 17.0 Å². The number of fused-ring (bicyclic) bond motifs is 1. The highest BCUT2D eigenvalue weighted by atomic mass is 16.5. The summed E-state index contributed by atoms with van der Waals surface area (Å²) in [7, 11) is 1.94. The number of anilines is 1. The summed E-state index contributed by atoms with van der Waals surface area (Å²) in [5.74, 6) is 2.55. The number of hydrogen-bond donors (Lipinski definition) is 0. The molecule has 4 aromatic rings. The number of aryl methyl sites for hydroxylation is 1. The molecule has 4 rings (SSSR count). The summed E-state index contributed by atoms with van der Waals surface area (Å²) in [6.07, 6.45) is 1.49. The van der Waals surface area contributed by atoms with Gasteiger partial charge in [-0.25, -0.2) is 4.98 Å². The summed E-state index contributed by atoms with van der Waals surface area (Å²) < 4.78 is 6.73. The number of hydrogen-bond acceptors (Lipinski definition) is 7. The Balaban J connectivity index is 1.77. The SMILES string of the molecule is Cc1nc(CN(C)c2cc(-c3ccccc3)nc3ncnn23)no1. The molecule has 0 fully saturated rings. The van der Waals surface area contributed by atoms with Gasteiger partial charge in [-0.3, -0.25) is 0 Å². The third-order valence-corrected chi connectivity index (χ3v) is 3.64. The van der Waals surface area contributed by atoms with Crippen molar-refractivity contribution in [2.24, 2.45) is 0 Å². The van der Waals surface area contributed by atoms with Crippen LogP contribution >= 0.6 is 0 Å². The van der Waals surface area contributed by atoms with Crippen molar-refractivity contribution in [1.29, 1.82) is 0 Å². The molecule has 1 aromatic carbocycles. The van der Waals surface area contributed by atoms with E-state index in [4.69, 9.17) is 4.52 Å². The molecule has 0 aliphatic rings. The largest absolute Gasteiger partial charge is 0.352 e. The van der Waals surface area contributed by atoms with Crippen LogP contribution in [0.4, 0.5) is 5.82 Å². The van der Waals surface area contributed by atoms with Crippen molar-refractivity contribution < 1.29 is 4.52 Å². The van der Waals surface area contributed by atoms with E-state index in [9.17, 15) is 0 Å². The van der Waals surface area contributed by atoms with Gasteiger partial charge in [0.15, 0.2) is 5.82 Å². The third-order valence-electron chi connectivity index (χ3n) is 3.64. The minimum atomic E-state index is 0.491. The van der Waals surface area contributed by atoms with Gasteiger partial charge in [0, 0.05) is 25.6 Å². The zero-order valence-electron chi connectivity index (χ0n) is 13.3. The van der Waals surface area contributed by atoms with Crippen molar-refractivity contribution in [2.45, 2.75) is 13.5 Å². The van der Waals surface area contributed by atoms with E-state index in [-0.39, 0.29) is 0 Å². The topological polar surface area (TPSA) is 85.2 Å². The fourth-order valence-corrected chi connectivity index (χ4v) is 2.52. The van der Waals surface area contributed by atoms with Crippen molar-refractivity contribution in [2.75, 3.05) is 11.9 Å². The van der Waals surface area contributed by atoms with Crippen molar-refractivity contribution in [3.63, 3.8) is 0 Å². The maximum Gasteiger partial charge on any atom is 0.254 e. The highest BCUT2D eigenvalue weighted by Crippen LogP contribution is 2.23. The lowest BCUT2D eigenvalue weighted by atomic mass is 10.1. The Kier molecular flexibility index (Phi) is 3.42. The van der Waals surface area contributed by atoms with E-state index in [1.54, 1.807) is 11.4 Å². The molecule has 0 atom stereocenters. The first kappa shape index (κ1) is 14.3. The lowest BCUT2D eigenvalue weighted by molar-refractivity contribution is 0.387. The fraction of sp³-hybridized carbons (Fsp3) is 0.188. The number of aromatic nitrogens is 6. The highest BCUT2D eigenvalue weighted by Gasteiger charge is 2.14. The molecule has 0 aliphatic heterocycles. The molecule has 0 radical (unpaired) electrons. The molecule has 0 spiro atoms. The molecule has 0 amide bonds. The third kappa shape index (κ3) is 2.58. The Morgan fingerprint density at radius 2 is 2.00 bits per heavy atom. The Labute approximate surface area is 137 Å². The second-order valence-electron chi connectivity index (χ2n) is 5.42. The van der Waals surface area contributed by atoms with Gasteiger partial charge >= 0.3 is 0 Å². The van der Waals surface area contributed by atoms with Gasteiger partial charge in [0.05, 0.1) is 12.2 Å². The lowest BCUT2D eigenvalue weighted by Crippen LogP contribution is -2.21. The van der Waals surface area contributed by atoms with Gasteiger partial charge in [-0.2, -0.15) is 19.6 Å². The second-order valence-corrected chi connectivity index (χ2v) is 5.42. The number of rotatable bonds is 4. The van der Waals surface area contributed by atoms with Crippen LogP contribution in [-0.2, 0) is 6.54 Å². The molecule has 0 saturated heterocycles. The molecule has 120 valence electrons. The van der Waals surface area contributed by atoms with Gasteiger partial charge < -0.3 is 9.42 Å². The molecule has 24 heavy (non-hydrogen) atoms. The van der Waals surface area contributed by atoms with Crippen LogP contribution in [0.1, 0.15) is 11.7 Å². The molecule has 0 unspecified atom stereocenters. The van der Waals surface area contributed by atoms with Gasteiger partial charge in [0.1, 0.15) is 12.1 Å². The molecule has 3 aromatic heterocycles. The summed E-state index contributed by atoms with van der Waals surface area (Å²) in [5.41, 5.74) is 1.86. The van der Waals surface area contributed by atoms with E-state index in [1.807, 2.05) is 48.3 Å². The average molecular weight is 321 g/mol. The molecule has 0 saturated carbocycles. The zero-order chi connectivity index (χ0) is 16.5. The molecular formula is C16H15N7O. The summed E-state index contributed by atoms with van der Waals surface area (Å²) in [6.45, 7) is 2.26. The monoisotopic (exact) mass is 321 g/mol. The van der Waals surface area contributed by atoms with Crippen LogP contribution in [0.2, 0.25) is 0 Å². The summed E-state index contributed by atoms with van der Waals surface area (Å²) >= 11 is 0. The lowest BCUT2D eigenvalue weighted by Gasteiger charge is -2.18. The number of benzene rings is 1.